The van der Waals surface area contributed by atoms with Crippen molar-refractivity contribution in [2.75, 3.05) is 17.6 Å². The number of hydrogen-bond donors (Lipinski definition) is 2. The molecule has 1 aliphatic rings. The minimum absolute atomic E-state index is 0.0377. The van der Waals surface area contributed by atoms with Crippen molar-refractivity contribution in [2.45, 2.75) is 49.4 Å². The Morgan fingerprint density at radius 1 is 1.28 bits per heavy atom. The third kappa shape index (κ3) is 6.01. The summed E-state index contributed by atoms with van der Waals surface area (Å²) in [5, 5.41) is 15.4. The van der Waals surface area contributed by atoms with Crippen molar-refractivity contribution in [3.63, 3.8) is 0 Å². The number of nitrogens with one attached hydrogen (secondary N) is 2. The maximum atomic E-state index is 12.0. The van der Waals surface area contributed by atoms with E-state index in [9.17, 15) is 4.79 Å². The van der Waals surface area contributed by atoms with Crippen LogP contribution in [-0.2, 0) is 11.2 Å². The predicted octanol–water partition coefficient (Wildman–Crippen LogP) is 3.69. The molecule has 1 aliphatic carbocycles. The third-order valence-corrected chi connectivity index (χ3v) is 6.01. The molecule has 2 aromatic rings. The van der Waals surface area contributed by atoms with Crippen molar-refractivity contribution in [2.24, 2.45) is 0 Å². The highest BCUT2D eigenvalue weighted by Gasteiger charge is 2.22. The van der Waals surface area contributed by atoms with E-state index in [1.807, 2.05) is 0 Å². The number of anilines is 1. The molecule has 1 amide bonds. The summed E-state index contributed by atoms with van der Waals surface area (Å²) in [6, 6.07) is 9.20. The second-order valence-electron chi connectivity index (χ2n) is 6.58. The molecule has 1 aromatic heterocycles. The highest BCUT2D eigenvalue weighted by Crippen LogP contribution is 2.30. The van der Waals surface area contributed by atoms with Crippen molar-refractivity contribution < 1.29 is 4.79 Å². The summed E-state index contributed by atoms with van der Waals surface area (Å²) in [5.41, 5.74) is 2.59. The second-order valence-corrected chi connectivity index (χ2v) is 8.78. The van der Waals surface area contributed by atoms with Gasteiger partial charge in [-0.3, -0.25) is 4.79 Å². The summed E-state index contributed by atoms with van der Waals surface area (Å²) >= 11 is 2.96. The minimum atomic E-state index is 0.0377. The molecule has 1 aromatic carbocycles. The summed E-state index contributed by atoms with van der Waals surface area (Å²) in [4.78, 5) is 12.0. The van der Waals surface area contributed by atoms with Gasteiger partial charge in [-0.15, -0.1) is 10.2 Å². The number of carbonyl (C=O) groups excluding carboxylic acids is 1. The van der Waals surface area contributed by atoms with E-state index in [2.05, 4.69) is 58.9 Å². The molecule has 0 atom stereocenters. The lowest BCUT2D eigenvalue weighted by atomic mass is 10.0. The Bertz CT molecular complexity index is 695. The van der Waals surface area contributed by atoms with Gasteiger partial charge in [0.15, 0.2) is 4.34 Å². The van der Waals surface area contributed by atoms with Crippen LogP contribution in [0.4, 0.5) is 5.13 Å². The molecule has 5 nitrogen and oxygen atoms in total. The number of amides is 1. The monoisotopic (exact) mass is 376 g/mol. The van der Waals surface area contributed by atoms with Crippen molar-refractivity contribution in [3.05, 3.63) is 35.4 Å². The zero-order valence-electron chi connectivity index (χ0n) is 14.6. The zero-order valence-corrected chi connectivity index (χ0v) is 16.3. The first-order valence-electron chi connectivity index (χ1n) is 8.68. The third-order valence-electron chi connectivity index (χ3n) is 4.02. The molecule has 0 spiro atoms. The van der Waals surface area contributed by atoms with Gasteiger partial charge < -0.3 is 10.6 Å². The van der Waals surface area contributed by atoms with Gasteiger partial charge in [0.25, 0.3) is 0 Å². The van der Waals surface area contributed by atoms with Crippen LogP contribution < -0.4 is 10.6 Å². The molecular weight excluding hydrogens is 352 g/mol. The number of rotatable bonds is 9. The largest absolute Gasteiger partial charge is 0.357 e. The first-order valence-corrected chi connectivity index (χ1v) is 10.5. The smallest absolute Gasteiger partial charge is 0.230 e. The molecule has 1 saturated carbocycles. The van der Waals surface area contributed by atoms with Gasteiger partial charge in [0.05, 0.1) is 5.75 Å². The molecule has 1 heterocycles. The molecule has 0 aliphatic heterocycles. The molecule has 2 N–H and O–H groups in total. The number of benzene rings is 1. The van der Waals surface area contributed by atoms with Gasteiger partial charge in [-0.25, -0.2) is 0 Å². The van der Waals surface area contributed by atoms with Gasteiger partial charge in [-0.1, -0.05) is 61.2 Å². The lowest BCUT2D eigenvalue weighted by Crippen LogP contribution is -2.27. The van der Waals surface area contributed by atoms with Gasteiger partial charge in [0.1, 0.15) is 0 Å². The van der Waals surface area contributed by atoms with Crippen molar-refractivity contribution in [1.82, 2.24) is 15.5 Å². The van der Waals surface area contributed by atoms with E-state index in [0.29, 0.717) is 24.3 Å². The van der Waals surface area contributed by atoms with Gasteiger partial charge in [0.2, 0.25) is 11.0 Å². The number of aromatic nitrogens is 2. The molecule has 0 bridgehead atoms. The van der Waals surface area contributed by atoms with E-state index in [0.717, 1.165) is 15.9 Å². The van der Waals surface area contributed by atoms with Crippen molar-refractivity contribution >= 4 is 34.1 Å². The van der Waals surface area contributed by atoms with E-state index in [1.165, 1.54) is 47.1 Å². The Labute approximate surface area is 157 Å². The van der Waals surface area contributed by atoms with Crippen LogP contribution in [-0.4, -0.2) is 34.4 Å². The highest BCUT2D eigenvalue weighted by atomic mass is 32.2. The summed E-state index contributed by atoms with van der Waals surface area (Å²) in [6.45, 7) is 5.04. The van der Waals surface area contributed by atoms with E-state index in [-0.39, 0.29) is 5.91 Å². The molecule has 0 unspecified atom stereocenters. The Morgan fingerprint density at radius 2 is 2.04 bits per heavy atom. The number of thioether (sulfide) groups is 1. The standard InChI is InChI=1S/C18H24N4OS2/c1-12(2)14-5-3-13(4-6-14)9-10-19-16(23)11-24-18-22-21-17(25-18)20-15-7-8-15/h3-6,12,15H,7-11H2,1-2H3,(H,19,23)(H,20,21). The van der Waals surface area contributed by atoms with E-state index in [4.69, 9.17) is 0 Å². The van der Waals surface area contributed by atoms with Crippen molar-refractivity contribution in [1.29, 1.82) is 0 Å². The van der Waals surface area contributed by atoms with Crippen LogP contribution in [0, 0.1) is 0 Å². The fourth-order valence-electron chi connectivity index (χ4n) is 2.32. The average molecular weight is 377 g/mol. The maximum Gasteiger partial charge on any atom is 0.230 e. The predicted molar refractivity (Wildman–Crippen MR) is 105 cm³/mol. The van der Waals surface area contributed by atoms with Gasteiger partial charge in [-0.2, -0.15) is 0 Å². The van der Waals surface area contributed by atoms with Gasteiger partial charge in [-0.05, 0) is 36.3 Å². The Balaban J connectivity index is 1.34. The lowest BCUT2D eigenvalue weighted by molar-refractivity contribution is -0.118. The van der Waals surface area contributed by atoms with Crippen LogP contribution in [0.15, 0.2) is 28.6 Å². The molecule has 7 heteroatoms. The van der Waals surface area contributed by atoms with Crippen LogP contribution in [0.1, 0.15) is 43.7 Å². The zero-order chi connectivity index (χ0) is 17.6. The Hall–Kier alpha value is -1.60. The van der Waals surface area contributed by atoms with Crippen LogP contribution in [0.5, 0.6) is 0 Å². The van der Waals surface area contributed by atoms with E-state index < -0.39 is 0 Å². The van der Waals surface area contributed by atoms with Crippen LogP contribution in [0.2, 0.25) is 0 Å². The highest BCUT2D eigenvalue weighted by molar-refractivity contribution is 8.01. The molecule has 3 rings (SSSR count). The normalized spacial score (nSPS) is 13.9. The fourth-order valence-corrected chi connectivity index (χ4v) is 3.98. The summed E-state index contributed by atoms with van der Waals surface area (Å²) < 4.78 is 0.836. The second kappa shape index (κ2) is 8.67. The van der Waals surface area contributed by atoms with Crippen LogP contribution in [0.3, 0.4) is 0 Å². The average Bonchev–Trinajstić information content (AvgIpc) is 3.30. The SMILES string of the molecule is CC(C)c1ccc(CCNC(=O)CSc2nnc(NC3CC3)s2)cc1. The minimum Gasteiger partial charge on any atom is -0.357 e. The summed E-state index contributed by atoms with van der Waals surface area (Å²) in [5.74, 6) is 0.964. The van der Waals surface area contributed by atoms with Crippen molar-refractivity contribution in [3.8, 4) is 0 Å². The molecule has 25 heavy (non-hydrogen) atoms. The number of carbonyl (C=O) groups is 1. The summed E-state index contributed by atoms with van der Waals surface area (Å²) in [7, 11) is 0. The molecule has 134 valence electrons. The Morgan fingerprint density at radius 3 is 2.72 bits per heavy atom. The maximum absolute atomic E-state index is 12.0. The van der Waals surface area contributed by atoms with E-state index in [1.54, 1.807) is 0 Å². The topological polar surface area (TPSA) is 66.9 Å². The fraction of sp³-hybridized carbons (Fsp3) is 0.500. The molecule has 0 saturated heterocycles. The van der Waals surface area contributed by atoms with Crippen LogP contribution in [0.25, 0.3) is 0 Å². The first kappa shape index (κ1) is 18.2. The first-order chi connectivity index (χ1) is 12.1. The lowest BCUT2D eigenvalue weighted by Gasteiger charge is -2.07. The summed E-state index contributed by atoms with van der Waals surface area (Å²) in [6.07, 6.45) is 3.28. The molecule has 0 radical (unpaired) electrons. The number of hydrogen-bond acceptors (Lipinski definition) is 6. The quantitative estimate of drug-likeness (QED) is 0.654. The van der Waals surface area contributed by atoms with Crippen LogP contribution >= 0.6 is 23.1 Å². The van der Waals surface area contributed by atoms with Gasteiger partial charge >= 0.3 is 0 Å². The van der Waals surface area contributed by atoms with E-state index >= 15 is 0 Å². The molecular formula is C18H24N4OS2. The number of nitrogens with zero attached hydrogens (tertiary/aromatic N) is 2. The van der Waals surface area contributed by atoms with Gasteiger partial charge in [0, 0.05) is 12.6 Å². The Kier molecular flexibility index (Phi) is 6.31. The molecule has 1 fully saturated rings.